The lowest BCUT2D eigenvalue weighted by atomic mass is 10.1. The Bertz CT molecular complexity index is 980. The fourth-order valence-electron chi connectivity index (χ4n) is 2.12. The normalized spacial score (nSPS) is 10.6. The Balaban J connectivity index is 1.70. The summed E-state index contributed by atoms with van der Waals surface area (Å²) in [6.07, 6.45) is 0.444. The number of hydrogen-bond acceptors (Lipinski definition) is 6. The molecule has 10 heteroatoms. The Morgan fingerprint density at radius 3 is 2.18 bits per heavy atom. The number of carbonyl (C=O) groups is 2. The fraction of sp³-hybridized carbons (Fsp3) is 0.167. The molecule has 0 bridgehead atoms. The first-order valence-corrected chi connectivity index (χ1v) is 9.65. The van der Waals surface area contributed by atoms with Gasteiger partial charge in [0.05, 0.1) is 16.5 Å². The molecule has 0 aliphatic rings. The molecule has 2 aromatic rings. The highest BCUT2D eigenvalue weighted by atomic mass is 32.2. The smallest absolute Gasteiger partial charge is 0.276 e. The molecule has 0 aliphatic heterocycles. The Hall–Kier alpha value is -3.42. The number of sulfonamides is 1. The van der Waals surface area contributed by atoms with Crippen molar-refractivity contribution in [3.8, 4) is 11.8 Å². The fourth-order valence-corrected chi connectivity index (χ4v) is 2.63. The van der Waals surface area contributed by atoms with E-state index in [2.05, 4.69) is 10.9 Å². The molecule has 2 rings (SSSR count). The molecule has 146 valence electrons. The lowest BCUT2D eigenvalue weighted by molar-refractivity contribution is -0.130. The van der Waals surface area contributed by atoms with E-state index in [0.29, 0.717) is 17.7 Å². The van der Waals surface area contributed by atoms with Crippen molar-refractivity contribution in [2.75, 3.05) is 6.61 Å². The zero-order chi connectivity index (χ0) is 20.6. The summed E-state index contributed by atoms with van der Waals surface area (Å²) < 4.78 is 27.6. The molecule has 0 aliphatic carbocycles. The van der Waals surface area contributed by atoms with Gasteiger partial charge in [0.2, 0.25) is 15.9 Å². The maximum absolute atomic E-state index is 11.8. The standard InChI is InChI=1S/C18H18N4O5S/c19-11-14-1-6-15(7-2-14)27-12-18(24)22-21-17(23)10-5-13-3-8-16(9-4-13)28(20,25)26/h1-4,6-9H,5,10,12H2,(H,21,23)(H,22,24)(H2,20,25,26). The molecule has 0 aromatic heterocycles. The molecular weight excluding hydrogens is 384 g/mol. The lowest BCUT2D eigenvalue weighted by Crippen LogP contribution is -2.43. The van der Waals surface area contributed by atoms with Gasteiger partial charge in [-0.2, -0.15) is 5.26 Å². The molecule has 0 radical (unpaired) electrons. The van der Waals surface area contributed by atoms with Gasteiger partial charge in [-0.1, -0.05) is 12.1 Å². The predicted octanol–water partition coefficient (Wildman–Crippen LogP) is 0.365. The van der Waals surface area contributed by atoms with Gasteiger partial charge in [-0.3, -0.25) is 20.4 Å². The number of aryl methyl sites for hydroxylation is 1. The van der Waals surface area contributed by atoms with Gasteiger partial charge in [0, 0.05) is 6.42 Å². The third kappa shape index (κ3) is 6.71. The number of hydrazine groups is 1. The maximum atomic E-state index is 11.8. The molecule has 0 heterocycles. The first-order chi connectivity index (χ1) is 13.3. The van der Waals surface area contributed by atoms with Gasteiger partial charge >= 0.3 is 0 Å². The minimum absolute atomic E-state index is 0.00442. The van der Waals surface area contributed by atoms with Gasteiger partial charge in [-0.05, 0) is 48.4 Å². The van der Waals surface area contributed by atoms with Gasteiger partial charge < -0.3 is 4.74 Å². The molecule has 0 unspecified atom stereocenters. The quantitative estimate of drug-likeness (QED) is 0.569. The van der Waals surface area contributed by atoms with Gasteiger partial charge in [0.15, 0.2) is 6.61 Å². The highest BCUT2D eigenvalue weighted by Gasteiger charge is 2.09. The SMILES string of the molecule is N#Cc1ccc(OCC(=O)NNC(=O)CCc2ccc(S(N)(=O)=O)cc2)cc1. The van der Waals surface area contributed by atoms with Crippen molar-refractivity contribution in [3.63, 3.8) is 0 Å². The summed E-state index contributed by atoms with van der Waals surface area (Å²) in [6.45, 7) is -0.304. The second-order valence-electron chi connectivity index (χ2n) is 5.71. The van der Waals surface area contributed by atoms with Crippen LogP contribution in [0.1, 0.15) is 17.5 Å². The lowest BCUT2D eigenvalue weighted by Gasteiger charge is -2.09. The average Bonchev–Trinajstić information content (AvgIpc) is 2.69. The molecule has 2 amide bonds. The largest absolute Gasteiger partial charge is 0.484 e. The van der Waals surface area contributed by atoms with E-state index in [9.17, 15) is 18.0 Å². The van der Waals surface area contributed by atoms with E-state index in [1.807, 2.05) is 6.07 Å². The zero-order valence-electron chi connectivity index (χ0n) is 14.7. The van der Waals surface area contributed by atoms with Crippen molar-refractivity contribution < 1.29 is 22.7 Å². The summed E-state index contributed by atoms with van der Waals surface area (Å²) in [5.41, 5.74) is 5.72. The zero-order valence-corrected chi connectivity index (χ0v) is 15.5. The number of benzene rings is 2. The number of ether oxygens (including phenoxy) is 1. The number of nitrogens with two attached hydrogens (primary N) is 1. The van der Waals surface area contributed by atoms with E-state index in [4.69, 9.17) is 15.1 Å². The van der Waals surface area contributed by atoms with Crippen LogP contribution in [0.2, 0.25) is 0 Å². The molecule has 2 aromatic carbocycles. The number of primary sulfonamides is 1. The predicted molar refractivity (Wildman–Crippen MR) is 99.1 cm³/mol. The molecule has 9 nitrogen and oxygen atoms in total. The molecule has 0 spiro atoms. The van der Waals surface area contributed by atoms with Crippen molar-refractivity contribution >= 4 is 21.8 Å². The summed E-state index contributed by atoms with van der Waals surface area (Å²) in [5.74, 6) is -0.541. The van der Waals surface area contributed by atoms with Gasteiger partial charge in [-0.25, -0.2) is 13.6 Å². The molecule has 28 heavy (non-hydrogen) atoms. The van der Waals surface area contributed by atoms with Crippen LogP contribution in [0.4, 0.5) is 0 Å². The van der Waals surface area contributed by atoms with Crippen LogP contribution in [-0.2, 0) is 26.0 Å². The van der Waals surface area contributed by atoms with Crippen molar-refractivity contribution in [1.29, 1.82) is 5.26 Å². The summed E-state index contributed by atoms with van der Waals surface area (Å²) in [6, 6.07) is 14.1. The molecule has 0 fully saturated rings. The van der Waals surface area contributed by atoms with Crippen molar-refractivity contribution in [2.45, 2.75) is 17.7 Å². The average molecular weight is 402 g/mol. The van der Waals surface area contributed by atoms with Gasteiger partial charge in [-0.15, -0.1) is 0 Å². The highest BCUT2D eigenvalue weighted by Crippen LogP contribution is 2.11. The van der Waals surface area contributed by atoms with Crippen LogP contribution in [0.15, 0.2) is 53.4 Å². The Kier molecular flexibility index (Phi) is 7.08. The number of nitrogens with one attached hydrogen (secondary N) is 2. The minimum atomic E-state index is -3.75. The number of carbonyl (C=O) groups excluding carboxylic acids is 2. The third-order valence-electron chi connectivity index (χ3n) is 3.59. The Labute approximate surface area is 162 Å². The van der Waals surface area contributed by atoms with E-state index in [1.165, 1.54) is 12.1 Å². The van der Waals surface area contributed by atoms with Crippen LogP contribution < -0.4 is 20.7 Å². The van der Waals surface area contributed by atoms with E-state index in [-0.39, 0.29) is 17.9 Å². The van der Waals surface area contributed by atoms with Crippen molar-refractivity contribution in [3.05, 3.63) is 59.7 Å². The van der Waals surface area contributed by atoms with Crippen LogP contribution in [0.3, 0.4) is 0 Å². The van der Waals surface area contributed by atoms with E-state index < -0.39 is 21.8 Å². The highest BCUT2D eigenvalue weighted by molar-refractivity contribution is 7.89. The van der Waals surface area contributed by atoms with Gasteiger partial charge in [0.25, 0.3) is 5.91 Å². The first kappa shape index (κ1) is 20.9. The topological polar surface area (TPSA) is 151 Å². The van der Waals surface area contributed by atoms with Crippen LogP contribution in [0.25, 0.3) is 0 Å². The number of hydrogen-bond donors (Lipinski definition) is 3. The molecule has 4 N–H and O–H groups in total. The second-order valence-corrected chi connectivity index (χ2v) is 7.27. The second kappa shape index (κ2) is 9.50. The maximum Gasteiger partial charge on any atom is 0.276 e. The molecule has 0 atom stereocenters. The summed E-state index contributed by atoms with van der Waals surface area (Å²) in [7, 11) is -3.75. The molecular formula is C18H18N4O5S. The van der Waals surface area contributed by atoms with Crippen LogP contribution in [0, 0.1) is 11.3 Å². The van der Waals surface area contributed by atoms with Crippen LogP contribution in [0.5, 0.6) is 5.75 Å². The number of nitrogens with zero attached hydrogens (tertiary/aromatic N) is 1. The van der Waals surface area contributed by atoms with E-state index in [0.717, 1.165) is 5.56 Å². The third-order valence-corrected chi connectivity index (χ3v) is 4.52. The monoisotopic (exact) mass is 402 g/mol. The summed E-state index contributed by atoms with van der Waals surface area (Å²) >= 11 is 0. The molecule has 0 saturated heterocycles. The summed E-state index contributed by atoms with van der Waals surface area (Å²) in [5, 5.41) is 13.7. The van der Waals surface area contributed by atoms with Gasteiger partial charge in [0.1, 0.15) is 5.75 Å². The number of amides is 2. The van der Waals surface area contributed by atoms with Crippen molar-refractivity contribution in [1.82, 2.24) is 10.9 Å². The summed E-state index contributed by atoms with van der Waals surface area (Å²) in [4.78, 5) is 23.5. The van der Waals surface area contributed by atoms with Crippen LogP contribution >= 0.6 is 0 Å². The first-order valence-electron chi connectivity index (χ1n) is 8.10. The molecule has 0 saturated carbocycles. The van der Waals surface area contributed by atoms with E-state index in [1.54, 1.807) is 36.4 Å². The Morgan fingerprint density at radius 2 is 1.61 bits per heavy atom. The number of nitriles is 1. The van der Waals surface area contributed by atoms with Crippen LogP contribution in [-0.4, -0.2) is 26.8 Å². The van der Waals surface area contributed by atoms with E-state index >= 15 is 0 Å². The minimum Gasteiger partial charge on any atom is -0.484 e. The number of rotatable bonds is 7. The van der Waals surface area contributed by atoms with Crippen molar-refractivity contribution in [2.24, 2.45) is 5.14 Å². The Morgan fingerprint density at radius 1 is 1.00 bits per heavy atom.